The highest BCUT2D eigenvalue weighted by Crippen LogP contribution is 2.20. The molecule has 0 saturated carbocycles. The molecule has 1 rings (SSSR count). The minimum Gasteiger partial charge on any atom is -0.465 e. The third-order valence-electron chi connectivity index (χ3n) is 2.45. The molecule has 7 heteroatoms. The highest BCUT2D eigenvalue weighted by molar-refractivity contribution is 7.91. The highest BCUT2D eigenvalue weighted by Gasteiger charge is 2.34. The molecule has 0 bridgehead atoms. The van der Waals surface area contributed by atoms with Crippen molar-refractivity contribution in [3.05, 3.63) is 0 Å². The quantitative estimate of drug-likeness (QED) is 0.644. The van der Waals surface area contributed by atoms with Gasteiger partial charge < -0.3 is 15.7 Å². The summed E-state index contributed by atoms with van der Waals surface area (Å²) in [5, 5.41) is 7.70. The van der Waals surface area contributed by atoms with E-state index in [2.05, 4.69) is 0 Å². The molecule has 1 saturated heterocycles. The number of nitrogens with two attached hydrogens (primary N) is 1. The Bertz CT molecular complexity index is 327. The van der Waals surface area contributed by atoms with Crippen LogP contribution < -0.4 is 5.73 Å². The van der Waals surface area contributed by atoms with Crippen molar-refractivity contribution < 1.29 is 18.3 Å². The van der Waals surface area contributed by atoms with Gasteiger partial charge in [0.05, 0.1) is 0 Å². The summed E-state index contributed by atoms with van der Waals surface area (Å²) in [7, 11) is -3.28. The van der Waals surface area contributed by atoms with Crippen molar-refractivity contribution in [1.29, 1.82) is 0 Å². The van der Waals surface area contributed by atoms with Gasteiger partial charge in [-0.05, 0) is 6.42 Å². The van der Waals surface area contributed by atoms with E-state index >= 15 is 0 Å². The van der Waals surface area contributed by atoms with E-state index < -0.39 is 21.3 Å². The second-order valence-electron chi connectivity index (χ2n) is 3.57. The summed E-state index contributed by atoms with van der Waals surface area (Å²) in [5.74, 6) is -0.277. The van der Waals surface area contributed by atoms with Crippen molar-refractivity contribution in [2.24, 2.45) is 11.7 Å². The average molecular weight is 222 g/mol. The summed E-state index contributed by atoms with van der Waals surface area (Å²) in [4.78, 5) is 11.7. The fourth-order valence-electron chi connectivity index (χ4n) is 1.58. The van der Waals surface area contributed by atoms with Crippen molar-refractivity contribution in [3.63, 3.8) is 0 Å². The number of rotatable bonds is 2. The average Bonchev–Trinajstić information content (AvgIpc) is 2.48. The van der Waals surface area contributed by atoms with E-state index in [0.29, 0.717) is 13.0 Å². The zero-order valence-corrected chi connectivity index (χ0v) is 8.70. The van der Waals surface area contributed by atoms with Gasteiger partial charge in [-0.1, -0.05) is 0 Å². The molecule has 0 aromatic carbocycles. The SMILES string of the molecule is CS(=O)(=O)C(N)C1CCN(C(=O)O)C1. The highest BCUT2D eigenvalue weighted by atomic mass is 32.2. The molecule has 0 spiro atoms. The number of nitrogens with zero attached hydrogens (tertiary/aromatic N) is 1. The Morgan fingerprint density at radius 2 is 2.21 bits per heavy atom. The molecular formula is C7H14N2O4S. The third kappa shape index (κ3) is 2.36. The number of hydrogen-bond donors (Lipinski definition) is 2. The maximum atomic E-state index is 11.1. The smallest absolute Gasteiger partial charge is 0.407 e. The van der Waals surface area contributed by atoms with Crippen LogP contribution in [0.15, 0.2) is 0 Å². The van der Waals surface area contributed by atoms with Gasteiger partial charge in [0.25, 0.3) is 0 Å². The second kappa shape index (κ2) is 3.74. The molecule has 2 atom stereocenters. The minimum absolute atomic E-state index is 0.212. The molecule has 1 heterocycles. The van der Waals surface area contributed by atoms with Crippen LogP contribution in [0.25, 0.3) is 0 Å². The third-order valence-corrected chi connectivity index (χ3v) is 3.83. The molecule has 0 aromatic rings. The number of sulfone groups is 1. The second-order valence-corrected chi connectivity index (χ2v) is 5.77. The predicted molar refractivity (Wildman–Crippen MR) is 50.5 cm³/mol. The number of carboxylic acid groups (broad SMARTS) is 1. The predicted octanol–water partition coefficient (Wildman–Crippen LogP) is -0.684. The first-order chi connectivity index (χ1) is 6.32. The Hall–Kier alpha value is -0.820. The van der Waals surface area contributed by atoms with Gasteiger partial charge >= 0.3 is 6.09 Å². The molecule has 2 unspecified atom stereocenters. The Labute approximate surface area is 82.6 Å². The fraction of sp³-hybridized carbons (Fsp3) is 0.857. The molecule has 3 N–H and O–H groups in total. The normalized spacial score (nSPS) is 25.0. The molecule has 0 aromatic heterocycles. The van der Waals surface area contributed by atoms with Crippen molar-refractivity contribution in [2.45, 2.75) is 11.8 Å². The first-order valence-electron chi connectivity index (χ1n) is 4.24. The van der Waals surface area contributed by atoms with Gasteiger partial charge in [0.15, 0.2) is 9.84 Å². The Kier molecular flexibility index (Phi) is 3.01. The molecular weight excluding hydrogens is 208 g/mol. The van der Waals surface area contributed by atoms with E-state index in [9.17, 15) is 13.2 Å². The van der Waals surface area contributed by atoms with Gasteiger partial charge in [-0.25, -0.2) is 13.2 Å². The standard InChI is InChI=1S/C7H14N2O4S/c1-14(12,13)6(8)5-2-3-9(4-5)7(10)11/h5-6H,2-4,8H2,1H3,(H,10,11). The molecule has 1 fully saturated rings. The van der Waals surface area contributed by atoms with Crippen LogP contribution in [0, 0.1) is 5.92 Å². The maximum Gasteiger partial charge on any atom is 0.407 e. The molecule has 6 nitrogen and oxygen atoms in total. The Balaban J connectivity index is 2.63. The van der Waals surface area contributed by atoms with Gasteiger partial charge in [0.2, 0.25) is 0 Å². The Morgan fingerprint density at radius 3 is 2.57 bits per heavy atom. The fourth-order valence-corrected chi connectivity index (χ4v) is 2.50. The minimum atomic E-state index is -3.28. The van der Waals surface area contributed by atoms with E-state index in [1.165, 1.54) is 4.90 Å². The van der Waals surface area contributed by atoms with Crippen LogP contribution in [0.4, 0.5) is 4.79 Å². The molecule has 0 aliphatic carbocycles. The van der Waals surface area contributed by atoms with Gasteiger partial charge in [0, 0.05) is 25.3 Å². The van der Waals surface area contributed by atoms with E-state index in [1.807, 2.05) is 0 Å². The van der Waals surface area contributed by atoms with Crippen molar-refractivity contribution in [1.82, 2.24) is 4.90 Å². The van der Waals surface area contributed by atoms with Gasteiger partial charge in [-0.3, -0.25) is 0 Å². The summed E-state index contributed by atoms with van der Waals surface area (Å²) >= 11 is 0. The zero-order chi connectivity index (χ0) is 10.9. The van der Waals surface area contributed by atoms with E-state index in [4.69, 9.17) is 10.8 Å². The monoisotopic (exact) mass is 222 g/mol. The molecule has 1 aliphatic heterocycles. The summed E-state index contributed by atoms with van der Waals surface area (Å²) in [5.41, 5.74) is 5.51. The van der Waals surface area contributed by atoms with E-state index in [0.717, 1.165) is 6.26 Å². The van der Waals surface area contributed by atoms with Crippen LogP contribution in [-0.2, 0) is 9.84 Å². The molecule has 1 amide bonds. The van der Waals surface area contributed by atoms with Crippen LogP contribution in [-0.4, -0.2) is 49.2 Å². The van der Waals surface area contributed by atoms with Crippen molar-refractivity contribution >= 4 is 15.9 Å². The van der Waals surface area contributed by atoms with Crippen molar-refractivity contribution in [2.75, 3.05) is 19.3 Å². The zero-order valence-electron chi connectivity index (χ0n) is 7.88. The first-order valence-corrected chi connectivity index (χ1v) is 6.20. The first kappa shape index (κ1) is 11.3. The van der Waals surface area contributed by atoms with E-state index in [1.54, 1.807) is 0 Å². The Morgan fingerprint density at radius 1 is 1.64 bits per heavy atom. The largest absolute Gasteiger partial charge is 0.465 e. The lowest BCUT2D eigenvalue weighted by Gasteiger charge is -2.17. The topological polar surface area (TPSA) is 101 Å². The maximum absolute atomic E-state index is 11.1. The van der Waals surface area contributed by atoms with Crippen LogP contribution in [0.2, 0.25) is 0 Å². The van der Waals surface area contributed by atoms with Crippen LogP contribution >= 0.6 is 0 Å². The van der Waals surface area contributed by atoms with Crippen molar-refractivity contribution in [3.8, 4) is 0 Å². The number of hydrogen-bond acceptors (Lipinski definition) is 4. The summed E-state index contributed by atoms with van der Waals surface area (Å²) < 4.78 is 22.2. The van der Waals surface area contributed by atoms with Crippen LogP contribution in [0.5, 0.6) is 0 Å². The lowest BCUT2D eigenvalue weighted by atomic mass is 10.1. The van der Waals surface area contributed by atoms with Gasteiger partial charge in [-0.2, -0.15) is 0 Å². The van der Waals surface area contributed by atoms with Crippen LogP contribution in [0.3, 0.4) is 0 Å². The van der Waals surface area contributed by atoms with E-state index in [-0.39, 0.29) is 12.5 Å². The summed E-state index contributed by atoms with van der Waals surface area (Å²) in [6, 6.07) is 0. The molecule has 1 aliphatic rings. The van der Waals surface area contributed by atoms with Crippen LogP contribution in [0.1, 0.15) is 6.42 Å². The molecule has 14 heavy (non-hydrogen) atoms. The summed E-state index contributed by atoms with van der Waals surface area (Å²) in [6.45, 7) is 0.576. The molecule has 82 valence electrons. The number of carbonyl (C=O) groups is 1. The van der Waals surface area contributed by atoms with Gasteiger partial charge in [0.1, 0.15) is 5.37 Å². The lowest BCUT2D eigenvalue weighted by molar-refractivity contribution is 0.154. The summed E-state index contributed by atoms with van der Waals surface area (Å²) in [6.07, 6.45) is 0.565. The number of amides is 1. The number of likely N-dealkylation sites (tertiary alicyclic amines) is 1. The van der Waals surface area contributed by atoms with Gasteiger partial charge in [-0.15, -0.1) is 0 Å². The lowest BCUT2D eigenvalue weighted by Crippen LogP contribution is -2.39. The molecule has 0 radical (unpaired) electrons.